The summed E-state index contributed by atoms with van der Waals surface area (Å²) in [6, 6.07) is 10.5. The summed E-state index contributed by atoms with van der Waals surface area (Å²) in [5.74, 6) is 1.29. The van der Waals surface area contributed by atoms with Gasteiger partial charge in [0.05, 0.1) is 0 Å². The fraction of sp³-hybridized carbons (Fsp3) is 0.542. The first-order chi connectivity index (χ1) is 15.4. The summed E-state index contributed by atoms with van der Waals surface area (Å²) in [6.07, 6.45) is 9.58. The lowest BCUT2D eigenvalue weighted by Crippen LogP contribution is -2.43. The number of rotatable bonds is 5. The minimum Gasteiger partial charge on any atom is -0.361 e. The number of anilines is 2. The molecule has 0 amide bonds. The molecule has 1 atom stereocenters. The Kier molecular flexibility index (Phi) is 7.74. The summed E-state index contributed by atoms with van der Waals surface area (Å²) >= 11 is 18.1. The molecule has 2 fully saturated rings. The zero-order valence-corrected chi connectivity index (χ0v) is 20.9. The molecule has 1 aliphatic heterocycles. The van der Waals surface area contributed by atoms with E-state index in [0.29, 0.717) is 22.3 Å². The molecule has 2 N–H and O–H groups in total. The van der Waals surface area contributed by atoms with E-state index in [1.807, 2.05) is 18.2 Å². The zero-order chi connectivity index (χ0) is 22.6. The Bertz CT molecular complexity index is 930. The van der Waals surface area contributed by atoms with Crippen molar-refractivity contribution in [2.75, 3.05) is 23.3 Å². The van der Waals surface area contributed by atoms with Crippen LogP contribution in [0.25, 0.3) is 0 Å². The smallest absolute Gasteiger partial charge is 0.232 e. The highest BCUT2D eigenvalue weighted by atomic mass is 35.5. The second kappa shape index (κ2) is 10.5. The zero-order valence-electron chi connectivity index (χ0n) is 18.5. The van der Waals surface area contributed by atoms with Gasteiger partial charge >= 0.3 is 0 Å². The number of thiocarbonyl (C=S) groups is 1. The molecule has 1 aromatic heterocycles. The highest BCUT2D eigenvalue weighted by Crippen LogP contribution is 2.39. The van der Waals surface area contributed by atoms with Crippen molar-refractivity contribution in [2.45, 2.75) is 69.7 Å². The summed E-state index contributed by atoms with van der Waals surface area (Å²) in [5.41, 5.74) is 1.37. The van der Waals surface area contributed by atoms with Gasteiger partial charge in [0.25, 0.3) is 0 Å². The van der Waals surface area contributed by atoms with Crippen LogP contribution in [0, 0.1) is 0 Å². The van der Waals surface area contributed by atoms with Gasteiger partial charge in [-0.15, -0.1) is 0 Å². The number of benzene rings is 1. The van der Waals surface area contributed by atoms with E-state index >= 15 is 0 Å². The summed E-state index contributed by atoms with van der Waals surface area (Å²) in [6.45, 7) is 3.98. The summed E-state index contributed by atoms with van der Waals surface area (Å²) in [7, 11) is 0. The molecular formula is C24H31Cl2N5S. The van der Waals surface area contributed by atoms with Crippen molar-refractivity contribution in [3.63, 3.8) is 0 Å². The Morgan fingerprint density at radius 3 is 2.56 bits per heavy atom. The van der Waals surface area contributed by atoms with Gasteiger partial charge in [-0.1, -0.05) is 54.6 Å². The second-order valence-corrected chi connectivity index (χ2v) is 10.3. The minimum atomic E-state index is 0.0537. The van der Waals surface area contributed by atoms with Crippen molar-refractivity contribution in [1.82, 2.24) is 15.3 Å². The van der Waals surface area contributed by atoms with E-state index in [1.54, 1.807) is 0 Å². The third kappa shape index (κ3) is 5.64. The van der Waals surface area contributed by atoms with Crippen LogP contribution in [0.15, 0.2) is 30.3 Å². The molecule has 2 heterocycles. The Morgan fingerprint density at radius 1 is 1.09 bits per heavy atom. The number of hydrogen-bond acceptors (Lipinski definition) is 4. The second-order valence-electron chi connectivity index (χ2n) is 9.07. The molecule has 0 bridgehead atoms. The van der Waals surface area contributed by atoms with Crippen LogP contribution < -0.4 is 15.5 Å². The van der Waals surface area contributed by atoms with Gasteiger partial charge in [0.1, 0.15) is 11.0 Å². The van der Waals surface area contributed by atoms with E-state index in [2.05, 4.69) is 39.6 Å². The van der Waals surface area contributed by atoms with E-state index in [4.69, 9.17) is 40.4 Å². The van der Waals surface area contributed by atoms with E-state index in [0.717, 1.165) is 43.2 Å². The van der Waals surface area contributed by atoms with Gasteiger partial charge < -0.3 is 15.5 Å². The van der Waals surface area contributed by atoms with Crippen LogP contribution >= 0.6 is 35.4 Å². The maximum absolute atomic E-state index is 6.32. The molecule has 8 heteroatoms. The molecule has 1 saturated heterocycles. The lowest BCUT2D eigenvalue weighted by Gasteiger charge is -2.38. The lowest BCUT2D eigenvalue weighted by atomic mass is 9.69. The van der Waals surface area contributed by atoms with Crippen LogP contribution in [0.5, 0.6) is 0 Å². The Morgan fingerprint density at radius 2 is 1.84 bits per heavy atom. The van der Waals surface area contributed by atoms with Gasteiger partial charge in [0, 0.05) is 35.6 Å². The van der Waals surface area contributed by atoms with Crippen molar-refractivity contribution >= 4 is 52.3 Å². The van der Waals surface area contributed by atoms with Crippen LogP contribution in [-0.2, 0) is 5.41 Å². The van der Waals surface area contributed by atoms with Gasteiger partial charge in [-0.05, 0) is 68.9 Å². The van der Waals surface area contributed by atoms with Crippen molar-refractivity contribution in [2.24, 2.45) is 0 Å². The first-order valence-electron chi connectivity index (χ1n) is 11.6. The van der Waals surface area contributed by atoms with Crippen molar-refractivity contribution < 1.29 is 0 Å². The lowest BCUT2D eigenvalue weighted by molar-refractivity contribution is 0.292. The number of halogens is 2. The van der Waals surface area contributed by atoms with Crippen LogP contribution in [0.3, 0.4) is 0 Å². The van der Waals surface area contributed by atoms with Crippen LogP contribution in [-0.4, -0.2) is 34.2 Å². The topological polar surface area (TPSA) is 53.1 Å². The highest BCUT2D eigenvalue weighted by Gasteiger charge is 2.34. The van der Waals surface area contributed by atoms with Crippen molar-refractivity contribution in [3.8, 4) is 0 Å². The molecule has 2 aliphatic rings. The predicted molar refractivity (Wildman–Crippen MR) is 138 cm³/mol. The molecule has 0 spiro atoms. The van der Waals surface area contributed by atoms with Crippen LogP contribution in [0.2, 0.25) is 10.2 Å². The fourth-order valence-corrected chi connectivity index (χ4v) is 5.51. The average Bonchev–Trinajstić information content (AvgIpc) is 2.79. The van der Waals surface area contributed by atoms with E-state index in [9.17, 15) is 0 Å². The third-order valence-electron chi connectivity index (χ3n) is 6.86. The molecule has 1 aromatic carbocycles. The predicted octanol–water partition coefficient (Wildman–Crippen LogP) is 6.35. The van der Waals surface area contributed by atoms with Gasteiger partial charge in [-0.25, -0.2) is 4.98 Å². The number of aromatic nitrogens is 2. The van der Waals surface area contributed by atoms with Gasteiger partial charge in [-0.3, -0.25) is 0 Å². The van der Waals surface area contributed by atoms with Gasteiger partial charge in [0.2, 0.25) is 5.95 Å². The largest absolute Gasteiger partial charge is 0.361 e. The summed E-state index contributed by atoms with van der Waals surface area (Å²) in [5, 5.41) is 8.30. The highest BCUT2D eigenvalue weighted by molar-refractivity contribution is 7.80. The standard InChI is InChI=1S/C24H31Cl2N5S/c1-17-7-3-6-14-31(17)21-15-20(26)28-22(29-21)30-23(32)27-16-24(12-4-2-5-13-24)18-8-10-19(25)11-9-18/h8-11,15,17H,2-7,12-14,16H2,1H3,(H2,27,28,29,30,32)/t17-/m1/s1. The number of nitrogens with zero attached hydrogens (tertiary/aromatic N) is 3. The minimum absolute atomic E-state index is 0.0537. The summed E-state index contributed by atoms with van der Waals surface area (Å²) < 4.78 is 0. The maximum atomic E-state index is 6.32. The Hall–Kier alpha value is -1.63. The molecular weight excluding hydrogens is 461 g/mol. The Balaban J connectivity index is 1.44. The first-order valence-corrected chi connectivity index (χ1v) is 12.7. The molecule has 0 radical (unpaired) electrons. The Labute approximate surface area is 206 Å². The first kappa shape index (κ1) is 23.5. The van der Waals surface area contributed by atoms with E-state index < -0.39 is 0 Å². The number of nitrogens with one attached hydrogen (secondary N) is 2. The molecule has 2 aromatic rings. The third-order valence-corrected chi connectivity index (χ3v) is 7.55. The molecule has 1 aliphatic carbocycles. The maximum Gasteiger partial charge on any atom is 0.232 e. The quantitative estimate of drug-likeness (QED) is 0.375. The monoisotopic (exact) mass is 491 g/mol. The molecule has 1 saturated carbocycles. The molecule has 172 valence electrons. The number of piperidine rings is 1. The number of hydrogen-bond donors (Lipinski definition) is 2. The normalized spacial score (nSPS) is 20.6. The SMILES string of the molecule is C[C@@H]1CCCCN1c1cc(Cl)nc(NC(=S)NCC2(c3ccc(Cl)cc3)CCCCC2)n1. The molecule has 4 rings (SSSR count). The fourth-order valence-electron chi connectivity index (χ4n) is 5.04. The van der Waals surface area contributed by atoms with Gasteiger partial charge in [0.15, 0.2) is 5.11 Å². The summed E-state index contributed by atoms with van der Waals surface area (Å²) in [4.78, 5) is 11.4. The van der Waals surface area contributed by atoms with Crippen LogP contribution in [0.1, 0.15) is 63.9 Å². The van der Waals surface area contributed by atoms with Crippen LogP contribution in [0.4, 0.5) is 11.8 Å². The van der Waals surface area contributed by atoms with Crippen molar-refractivity contribution in [1.29, 1.82) is 0 Å². The van der Waals surface area contributed by atoms with E-state index in [1.165, 1.54) is 37.7 Å². The molecule has 32 heavy (non-hydrogen) atoms. The van der Waals surface area contributed by atoms with Gasteiger partial charge in [-0.2, -0.15) is 4.98 Å². The van der Waals surface area contributed by atoms with Crippen molar-refractivity contribution in [3.05, 3.63) is 46.1 Å². The molecule has 0 unspecified atom stereocenters. The average molecular weight is 493 g/mol. The molecule has 5 nitrogen and oxygen atoms in total. The van der Waals surface area contributed by atoms with E-state index in [-0.39, 0.29) is 5.41 Å².